The van der Waals surface area contributed by atoms with Crippen LogP contribution in [0.2, 0.25) is 0 Å². The van der Waals surface area contributed by atoms with Gasteiger partial charge in [0.15, 0.2) is 4.77 Å². The number of imidazole rings is 1. The number of nitrogens with zero attached hydrogens (tertiary/aromatic N) is 2. The molecule has 0 amide bonds. The first kappa shape index (κ1) is 13.2. The summed E-state index contributed by atoms with van der Waals surface area (Å²) in [5.74, 6) is 2.52. The van der Waals surface area contributed by atoms with Gasteiger partial charge in [0.05, 0.1) is 11.0 Å². The summed E-state index contributed by atoms with van der Waals surface area (Å²) in [5.41, 5.74) is 3.68. The number of aromatic nitrogens is 2. The van der Waals surface area contributed by atoms with Crippen molar-refractivity contribution in [1.82, 2.24) is 14.5 Å². The average molecular weight is 293 g/mol. The van der Waals surface area contributed by atoms with Gasteiger partial charge in [-0.1, -0.05) is 12.1 Å². The first-order valence-corrected chi connectivity index (χ1v) is 8.30. The number of hydrogen-bond acceptors (Lipinski definition) is 3. The van der Waals surface area contributed by atoms with Crippen molar-refractivity contribution in [2.75, 3.05) is 31.1 Å². The van der Waals surface area contributed by atoms with E-state index in [0.29, 0.717) is 0 Å². The smallest absolute Gasteiger partial charge is 0.178 e. The minimum absolute atomic E-state index is 0.843. The highest BCUT2D eigenvalue weighted by Crippen LogP contribution is 2.18. The van der Waals surface area contributed by atoms with Crippen LogP contribution in [0.5, 0.6) is 0 Å². The van der Waals surface area contributed by atoms with E-state index in [2.05, 4.69) is 51.3 Å². The third-order valence-corrected chi connectivity index (χ3v) is 5.03. The van der Waals surface area contributed by atoms with Crippen molar-refractivity contribution in [1.29, 1.82) is 0 Å². The number of H-pyrrole nitrogens is 1. The van der Waals surface area contributed by atoms with E-state index < -0.39 is 0 Å². The van der Waals surface area contributed by atoms with E-state index in [1.54, 1.807) is 0 Å². The Hall–Kier alpha value is -0.780. The van der Waals surface area contributed by atoms with E-state index in [1.807, 2.05) is 0 Å². The van der Waals surface area contributed by atoms with E-state index in [4.69, 9.17) is 12.2 Å². The van der Waals surface area contributed by atoms with Crippen LogP contribution in [-0.4, -0.2) is 45.6 Å². The predicted octanol–water partition coefficient (Wildman–Crippen LogP) is 3.06. The predicted molar refractivity (Wildman–Crippen MR) is 85.6 cm³/mol. The third kappa shape index (κ3) is 2.73. The third-order valence-electron chi connectivity index (χ3n) is 3.76. The quantitative estimate of drug-likeness (QED) is 0.880. The molecule has 102 valence electrons. The molecule has 1 aromatic carbocycles. The fraction of sp³-hybridized carbons (Fsp3) is 0.500. The zero-order chi connectivity index (χ0) is 13.2. The van der Waals surface area contributed by atoms with Crippen LogP contribution >= 0.6 is 24.0 Å². The zero-order valence-corrected chi connectivity index (χ0v) is 12.8. The van der Waals surface area contributed by atoms with Crippen LogP contribution in [-0.2, 0) is 6.54 Å². The molecular formula is C14H19N3S2. The molecule has 1 aromatic heterocycles. The molecule has 3 nitrogen and oxygen atoms in total. The van der Waals surface area contributed by atoms with Crippen molar-refractivity contribution in [3.63, 3.8) is 0 Å². The SMILES string of the molecule is Cc1cccc2c1[nH]c(=S)n2CCN1CCSCC1. The maximum absolute atomic E-state index is 5.46. The lowest BCUT2D eigenvalue weighted by Gasteiger charge is -2.26. The molecule has 2 heterocycles. The van der Waals surface area contributed by atoms with E-state index in [-0.39, 0.29) is 0 Å². The highest BCUT2D eigenvalue weighted by Gasteiger charge is 2.11. The van der Waals surface area contributed by atoms with Gasteiger partial charge in [-0.2, -0.15) is 11.8 Å². The van der Waals surface area contributed by atoms with Gasteiger partial charge in [0.1, 0.15) is 0 Å². The Morgan fingerprint density at radius 1 is 1.26 bits per heavy atom. The lowest BCUT2D eigenvalue weighted by atomic mass is 10.2. The summed E-state index contributed by atoms with van der Waals surface area (Å²) in [6.07, 6.45) is 0. The number of fused-ring (bicyclic) bond motifs is 1. The number of hydrogen-bond donors (Lipinski definition) is 1. The Balaban J connectivity index is 1.82. The fourth-order valence-electron chi connectivity index (χ4n) is 2.61. The monoisotopic (exact) mass is 293 g/mol. The summed E-state index contributed by atoms with van der Waals surface area (Å²) in [6, 6.07) is 6.38. The first-order chi connectivity index (χ1) is 9.25. The van der Waals surface area contributed by atoms with Crippen LogP contribution in [0.15, 0.2) is 18.2 Å². The maximum atomic E-state index is 5.46. The molecule has 1 N–H and O–H groups in total. The van der Waals surface area contributed by atoms with Gasteiger partial charge in [-0.05, 0) is 30.8 Å². The van der Waals surface area contributed by atoms with Gasteiger partial charge in [-0.3, -0.25) is 4.90 Å². The normalized spacial score (nSPS) is 17.1. The van der Waals surface area contributed by atoms with Crippen LogP contribution in [0, 0.1) is 11.7 Å². The van der Waals surface area contributed by atoms with Crippen molar-refractivity contribution >= 4 is 35.0 Å². The molecule has 1 aliphatic heterocycles. The summed E-state index contributed by atoms with van der Waals surface area (Å²) < 4.78 is 3.08. The molecule has 0 unspecified atom stereocenters. The van der Waals surface area contributed by atoms with Crippen molar-refractivity contribution in [2.24, 2.45) is 0 Å². The number of nitrogens with one attached hydrogen (secondary N) is 1. The molecule has 0 radical (unpaired) electrons. The second-order valence-corrected chi connectivity index (χ2v) is 6.62. The van der Waals surface area contributed by atoms with Crippen LogP contribution < -0.4 is 0 Å². The Bertz CT molecular complexity index is 623. The Morgan fingerprint density at radius 3 is 2.84 bits per heavy atom. The summed E-state index contributed by atoms with van der Waals surface area (Å²) in [4.78, 5) is 5.87. The molecule has 3 rings (SSSR count). The van der Waals surface area contributed by atoms with Crippen LogP contribution in [0.1, 0.15) is 5.56 Å². The Morgan fingerprint density at radius 2 is 2.05 bits per heavy atom. The Kier molecular flexibility index (Phi) is 3.96. The van der Waals surface area contributed by atoms with Crippen molar-refractivity contribution in [3.8, 4) is 0 Å². The molecule has 0 spiro atoms. The number of aryl methyl sites for hydroxylation is 1. The van der Waals surface area contributed by atoms with Crippen molar-refractivity contribution in [2.45, 2.75) is 13.5 Å². The Labute approximate surface area is 123 Å². The zero-order valence-electron chi connectivity index (χ0n) is 11.2. The lowest BCUT2D eigenvalue weighted by Crippen LogP contribution is -2.35. The van der Waals surface area contributed by atoms with E-state index in [1.165, 1.54) is 41.2 Å². The number of benzene rings is 1. The van der Waals surface area contributed by atoms with Crippen molar-refractivity contribution in [3.05, 3.63) is 28.5 Å². The van der Waals surface area contributed by atoms with E-state index >= 15 is 0 Å². The van der Waals surface area contributed by atoms with Crippen LogP contribution in [0.3, 0.4) is 0 Å². The number of thioether (sulfide) groups is 1. The summed E-state index contributed by atoms with van der Waals surface area (Å²) >= 11 is 7.52. The fourth-order valence-corrected chi connectivity index (χ4v) is 3.88. The second kappa shape index (κ2) is 5.69. The van der Waals surface area contributed by atoms with Crippen LogP contribution in [0.25, 0.3) is 11.0 Å². The number of rotatable bonds is 3. The molecule has 0 atom stereocenters. The highest BCUT2D eigenvalue weighted by molar-refractivity contribution is 7.99. The first-order valence-electron chi connectivity index (χ1n) is 6.74. The van der Waals surface area contributed by atoms with Crippen LogP contribution in [0.4, 0.5) is 0 Å². The molecule has 5 heteroatoms. The minimum Gasteiger partial charge on any atom is -0.330 e. The largest absolute Gasteiger partial charge is 0.330 e. The van der Waals surface area contributed by atoms with Crippen molar-refractivity contribution < 1.29 is 0 Å². The topological polar surface area (TPSA) is 24.0 Å². The molecule has 0 saturated carbocycles. The molecule has 19 heavy (non-hydrogen) atoms. The molecule has 1 saturated heterocycles. The molecular weight excluding hydrogens is 274 g/mol. The maximum Gasteiger partial charge on any atom is 0.178 e. The average Bonchev–Trinajstić information content (AvgIpc) is 2.75. The lowest BCUT2D eigenvalue weighted by molar-refractivity contribution is 0.290. The summed E-state index contributed by atoms with van der Waals surface area (Å²) in [5, 5.41) is 0. The van der Waals surface area contributed by atoms with Gasteiger partial charge >= 0.3 is 0 Å². The van der Waals surface area contributed by atoms with Gasteiger partial charge in [0.2, 0.25) is 0 Å². The molecule has 0 aliphatic carbocycles. The van der Waals surface area contributed by atoms with Gasteiger partial charge in [0.25, 0.3) is 0 Å². The van der Waals surface area contributed by atoms with Gasteiger partial charge < -0.3 is 9.55 Å². The number of aromatic amines is 1. The van der Waals surface area contributed by atoms with E-state index in [0.717, 1.165) is 17.9 Å². The standard InChI is InChI=1S/C14H19N3S2/c1-11-3-2-4-12-13(11)15-14(18)17(12)6-5-16-7-9-19-10-8-16/h2-4H,5-10H2,1H3,(H,15,18). The summed E-state index contributed by atoms with van der Waals surface area (Å²) in [7, 11) is 0. The van der Waals surface area contributed by atoms with E-state index in [9.17, 15) is 0 Å². The molecule has 2 aromatic rings. The summed E-state index contributed by atoms with van der Waals surface area (Å²) in [6.45, 7) is 6.61. The van der Waals surface area contributed by atoms with Gasteiger partial charge in [-0.25, -0.2) is 0 Å². The highest BCUT2D eigenvalue weighted by atomic mass is 32.2. The molecule has 1 fully saturated rings. The van der Waals surface area contributed by atoms with Gasteiger partial charge in [-0.15, -0.1) is 0 Å². The minimum atomic E-state index is 0.843. The van der Waals surface area contributed by atoms with Gasteiger partial charge in [0, 0.05) is 37.7 Å². The second-order valence-electron chi connectivity index (χ2n) is 5.00. The molecule has 0 bridgehead atoms. The molecule has 1 aliphatic rings. The number of para-hydroxylation sites is 1.